The third-order valence-electron chi connectivity index (χ3n) is 10.8. The maximum Gasteiger partial charge on any atom is 0.274 e. The van der Waals surface area contributed by atoms with Gasteiger partial charge in [0.2, 0.25) is 11.8 Å². The SMILES string of the molecule is C[C@H](CCC(=O)NC(=O)CS(=O)(=O)O)[C@H]1CC[C@H]2[C@@H]3CCC4CCCC[C@]4(C)[C@H]3CC[C@]12C. The first kappa shape index (κ1) is 25.2. The minimum absolute atomic E-state index is 0.210. The molecule has 4 aliphatic rings. The average molecular weight is 482 g/mol. The number of fused-ring (bicyclic) bond motifs is 5. The van der Waals surface area contributed by atoms with Gasteiger partial charge in [0.15, 0.2) is 5.75 Å². The van der Waals surface area contributed by atoms with Crippen LogP contribution < -0.4 is 5.32 Å². The molecule has 188 valence electrons. The zero-order valence-electron chi connectivity index (χ0n) is 20.6. The summed E-state index contributed by atoms with van der Waals surface area (Å²) in [4.78, 5) is 23.8. The molecule has 0 bridgehead atoms. The van der Waals surface area contributed by atoms with Crippen LogP contribution in [0, 0.1) is 46.3 Å². The van der Waals surface area contributed by atoms with Crippen molar-refractivity contribution >= 4 is 21.9 Å². The summed E-state index contributed by atoms with van der Waals surface area (Å²) >= 11 is 0. The van der Waals surface area contributed by atoms with Crippen molar-refractivity contribution in [3.63, 3.8) is 0 Å². The first-order valence-electron chi connectivity index (χ1n) is 13.2. The highest BCUT2D eigenvalue weighted by molar-refractivity contribution is 7.86. The van der Waals surface area contributed by atoms with Crippen LogP contribution in [0.2, 0.25) is 0 Å². The second-order valence-electron chi connectivity index (χ2n) is 12.3. The molecule has 2 N–H and O–H groups in total. The van der Waals surface area contributed by atoms with Gasteiger partial charge in [-0.3, -0.25) is 19.5 Å². The molecule has 4 aliphatic carbocycles. The Balaban J connectivity index is 1.36. The van der Waals surface area contributed by atoms with Crippen molar-refractivity contribution in [3.8, 4) is 0 Å². The van der Waals surface area contributed by atoms with Gasteiger partial charge in [-0.15, -0.1) is 0 Å². The van der Waals surface area contributed by atoms with Gasteiger partial charge in [0, 0.05) is 6.42 Å². The standard InChI is InChI=1S/C26H43NO5S/c1-17(7-12-23(28)27-24(29)16-33(30,31)32)20-10-11-21-19-9-8-18-6-4-5-14-25(18,2)22(19)13-15-26(20,21)3/h17-22H,4-16H2,1-3H3,(H,27,28,29)(H,30,31,32)/t17-,18?,19+,20-,21+,22+,25+,26-/m1/s1. The largest absolute Gasteiger partial charge is 0.295 e. The van der Waals surface area contributed by atoms with Gasteiger partial charge in [-0.1, -0.05) is 33.6 Å². The topological polar surface area (TPSA) is 101 Å². The first-order valence-corrected chi connectivity index (χ1v) is 14.8. The van der Waals surface area contributed by atoms with Crippen molar-refractivity contribution in [3.05, 3.63) is 0 Å². The van der Waals surface area contributed by atoms with Crippen molar-refractivity contribution in [1.29, 1.82) is 0 Å². The Morgan fingerprint density at radius 3 is 2.39 bits per heavy atom. The molecule has 4 saturated carbocycles. The second-order valence-corrected chi connectivity index (χ2v) is 13.8. The summed E-state index contributed by atoms with van der Waals surface area (Å²) in [6, 6.07) is 0. The second kappa shape index (κ2) is 9.25. The predicted octanol–water partition coefficient (Wildman–Crippen LogP) is 4.98. The molecule has 0 aromatic rings. The van der Waals surface area contributed by atoms with E-state index in [1.54, 1.807) is 0 Å². The van der Waals surface area contributed by atoms with Crippen LogP contribution in [0.4, 0.5) is 0 Å². The van der Waals surface area contributed by atoms with E-state index in [9.17, 15) is 18.0 Å². The Labute approximate surface area is 199 Å². The molecule has 0 aromatic carbocycles. The van der Waals surface area contributed by atoms with E-state index in [4.69, 9.17) is 4.55 Å². The minimum Gasteiger partial charge on any atom is -0.295 e. The van der Waals surface area contributed by atoms with Crippen LogP contribution in [0.1, 0.15) is 97.8 Å². The van der Waals surface area contributed by atoms with Gasteiger partial charge in [-0.05, 0) is 104 Å². The molecule has 0 aromatic heterocycles. The highest BCUT2D eigenvalue weighted by Crippen LogP contribution is 2.68. The normalized spacial score (nSPS) is 41.4. The molecule has 1 unspecified atom stereocenters. The Kier molecular flexibility index (Phi) is 7.05. The van der Waals surface area contributed by atoms with Crippen LogP contribution >= 0.6 is 0 Å². The molecule has 33 heavy (non-hydrogen) atoms. The van der Waals surface area contributed by atoms with Gasteiger partial charge in [-0.25, -0.2) is 0 Å². The summed E-state index contributed by atoms with van der Waals surface area (Å²) in [7, 11) is -4.42. The predicted molar refractivity (Wildman–Crippen MR) is 128 cm³/mol. The molecule has 7 heteroatoms. The Morgan fingerprint density at radius 2 is 1.67 bits per heavy atom. The molecule has 8 atom stereocenters. The van der Waals surface area contributed by atoms with Gasteiger partial charge in [0.1, 0.15) is 0 Å². The summed E-state index contributed by atoms with van der Waals surface area (Å²) in [5.74, 6) is 1.99. The maximum absolute atomic E-state index is 12.2. The van der Waals surface area contributed by atoms with E-state index < -0.39 is 27.7 Å². The summed E-state index contributed by atoms with van der Waals surface area (Å²) < 4.78 is 30.4. The monoisotopic (exact) mass is 481 g/mol. The van der Waals surface area contributed by atoms with Gasteiger partial charge in [0.25, 0.3) is 10.1 Å². The van der Waals surface area contributed by atoms with E-state index in [-0.39, 0.29) is 6.42 Å². The molecule has 4 fully saturated rings. The van der Waals surface area contributed by atoms with E-state index in [1.807, 2.05) is 0 Å². The van der Waals surface area contributed by atoms with Gasteiger partial charge in [-0.2, -0.15) is 8.42 Å². The third kappa shape index (κ3) is 4.91. The lowest BCUT2D eigenvalue weighted by molar-refractivity contribution is -0.129. The number of carbonyl (C=O) groups is 2. The van der Waals surface area contributed by atoms with Crippen LogP contribution in [0.5, 0.6) is 0 Å². The lowest BCUT2D eigenvalue weighted by atomic mass is 9.44. The molecule has 0 spiro atoms. The van der Waals surface area contributed by atoms with Crippen LogP contribution in [0.15, 0.2) is 0 Å². The van der Waals surface area contributed by atoms with Gasteiger partial charge < -0.3 is 0 Å². The summed E-state index contributed by atoms with van der Waals surface area (Å²) in [6.45, 7) is 7.39. The first-order chi connectivity index (χ1) is 15.4. The number of imide groups is 1. The number of carbonyl (C=O) groups excluding carboxylic acids is 2. The van der Waals surface area contributed by atoms with Crippen LogP contribution in [0.25, 0.3) is 0 Å². The smallest absolute Gasteiger partial charge is 0.274 e. The zero-order valence-corrected chi connectivity index (χ0v) is 21.5. The van der Waals surface area contributed by atoms with E-state index in [1.165, 1.54) is 64.2 Å². The fourth-order valence-electron chi connectivity index (χ4n) is 9.25. The number of rotatable bonds is 6. The van der Waals surface area contributed by atoms with Crippen molar-refractivity contribution in [2.45, 2.75) is 97.8 Å². The molecule has 0 heterocycles. The quantitative estimate of drug-likeness (QED) is 0.521. The zero-order chi connectivity index (χ0) is 24.0. The van der Waals surface area contributed by atoms with Gasteiger partial charge >= 0.3 is 0 Å². The molecule has 6 nitrogen and oxygen atoms in total. The van der Waals surface area contributed by atoms with Crippen molar-refractivity contribution in [1.82, 2.24) is 5.32 Å². The lowest BCUT2D eigenvalue weighted by Gasteiger charge is -2.61. The minimum atomic E-state index is -4.42. The van der Waals surface area contributed by atoms with Crippen molar-refractivity contribution < 1.29 is 22.6 Å². The fraction of sp³-hybridized carbons (Fsp3) is 0.923. The van der Waals surface area contributed by atoms with Gasteiger partial charge in [0.05, 0.1) is 0 Å². The number of hydrogen-bond acceptors (Lipinski definition) is 4. The van der Waals surface area contributed by atoms with E-state index in [0.717, 1.165) is 23.7 Å². The van der Waals surface area contributed by atoms with Crippen LogP contribution in [0.3, 0.4) is 0 Å². The van der Waals surface area contributed by atoms with E-state index >= 15 is 0 Å². The molecule has 0 aliphatic heterocycles. The number of nitrogens with one attached hydrogen (secondary N) is 1. The van der Waals surface area contributed by atoms with Crippen LogP contribution in [-0.2, 0) is 19.7 Å². The summed E-state index contributed by atoms with van der Waals surface area (Å²) in [6.07, 6.45) is 14.6. The molecular weight excluding hydrogens is 438 g/mol. The average Bonchev–Trinajstić information content (AvgIpc) is 3.07. The fourth-order valence-corrected chi connectivity index (χ4v) is 9.65. The molecular formula is C26H43NO5S. The molecule has 0 saturated heterocycles. The van der Waals surface area contributed by atoms with Crippen LogP contribution in [-0.4, -0.2) is 30.5 Å². The Hall–Kier alpha value is -0.950. The maximum atomic E-state index is 12.2. The Morgan fingerprint density at radius 1 is 0.939 bits per heavy atom. The molecule has 2 amide bonds. The molecule has 4 rings (SSSR count). The highest BCUT2D eigenvalue weighted by atomic mass is 32.2. The number of amides is 2. The van der Waals surface area contributed by atoms with Crippen molar-refractivity contribution in [2.75, 3.05) is 5.75 Å². The summed E-state index contributed by atoms with van der Waals surface area (Å²) in [5, 5.41) is 2.10. The number of hydrogen-bond donors (Lipinski definition) is 2. The van der Waals surface area contributed by atoms with E-state index in [2.05, 4.69) is 26.1 Å². The third-order valence-corrected chi connectivity index (χ3v) is 11.4. The Bertz CT molecular complexity index is 872. The molecule has 0 radical (unpaired) electrons. The van der Waals surface area contributed by atoms with E-state index in [0.29, 0.717) is 29.1 Å². The lowest BCUT2D eigenvalue weighted by Crippen LogP contribution is -2.53. The van der Waals surface area contributed by atoms with Crippen molar-refractivity contribution in [2.24, 2.45) is 46.3 Å². The highest BCUT2D eigenvalue weighted by Gasteiger charge is 2.60. The summed E-state index contributed by atoms with van der Waals surface area (Å²) in [5.41, 5.74) is 0.897.